The number of amides is 2. The van der Waals surface area contributed by atoms with Crippen LogP contribution in [0.25, 0.3) is 17.0 Å². The number of benzene rings is 1. The zero-order valence-electron chi connectivity index (χ0n) is 16.4. The summed E-state index contributed by atoms with van der Waals surface area (Å²) in [6.45, 7) is 4.96. The second-order valence-electron chi connectivity index (χ2n) is 7.60. The van der Waals surface area contributed by atoms with E-state index in [2.05, 4.69) is 9.88 Å². The van der Waals surface area contributed by atoms with Crippen molar-refractivity contribution in [2.24, 2.45) is 0 Å². The molecule has 2 fully saturated rings. The van der Waals surface area contributed by atoms with Gasteiger partial charge >= 0.3 is 0 Å². The maximum Gasteiger partial charge on any atom is 0.246 e. The van der Waals surface area contributed by atoms with E-state index >= 15 is 0 Å². The van der Waals surface area contributed by atoms with Crippen molar-refractivity contribution in [2.75, 3.05) is 45.8 Å². The Hall–Kier alpha value is -2.44. The molecule has 152 valence electrons. The molecule has 7 heteroatoms. The van der Waals surface area contributed by atoms with E-state index in [9.17, 15) is 9.59 Å². The number of aromatic nitrogens is 1. The molecule has 0 spiro atoms. The Morgan fingerprint density at radius 1 is 0.966 bits per heavy atom. The van der Waals surface area contributed by atoms with Crippen LogP contribution in [-0.2, 0) is 9.59 Å². The average molecular weight is 413 g/mol. The van der Waals surface area contributed by atoms with Crippen LogP contribution in [0.4, 0.5) is 0 Å². The molecular weight excluding hydrogens is 388 g/mol. The van der Waals surface area contributed by atoms with Crippen molar-refractivity contribution < 1.29 is 9.59 Å². The highest BCUT2D eigenvalue weighted by molar-refractivity contribution is 6.31. The molecule has 0 aliphatic carbocycles. The van der Waals surface area contributed by atoms with E-state index in [0.29, 0.717) is 24.7 Å². The fourth-order valence-corrected chi connectivity index (χ4v) is 4.01. The summed E-state index contributed by atoms with van der Waals surface area (Å²) in [4.78, 5) is 35.3. The van der Waals surface area contributed by atoms with Crippen molar-refractivity contribution in [3.05, 3.63) is 47.1 Å². The first-order chi connectivity index (χ1) is 14.1. The van der Waals surface area contributed by atoms with Gasteiger partial charge < -0.3 is 9.80 Å². The fourth-order valence-electron chi connectivity index (χ4n) is 3.85. The predicted molar refractivity (Wildman–Crippen MR) is 115 cm³/mol. The maximum atomic E-state index is 12.5. The number of piperazine rings is 1. The first-order valence-electron chi connectivity index (χ1n) is 10.1. The first-order valence-corrected chi connectivity index (χ1v) is 10.5. The van der Waals surface area contributed by atoms with Gasteiger partial charge in [-0.15, -0.1) is 0 Å². The summed E-state index contributed by atoms with van der Waals surface area (Å²) in [6.07, 6.45) is 5.54. The highest BCUT2D eigenvalue weighted by atomic mass is 35.5. The summed E-state index contributed by atoms with van der Waals surface area (Å²) in [7, 11) is 0. The highest BCUT2D eigenvalue weighted by Gasteiger charge is 2.24. The summed E-state index contributed by atoms with van der Waals surface area (Å²) in [5.74, 6) is 0.188. The van der Waals surface area contributed by atoms with Crippen molar-refractivity contribution in [2.45, 2.75) is 12.8 Å². The number of hydrogen-bond acceptors (Lipinski definition) is 4. The van der Waals surface area contributed by atoms with Crippen LogP contribution in [0.3, 0.4) is 0 Å². The van der Waals surface area contributed by atoms with Crippen molar-refractivity contribution in [3.8, 4) is 0 Å². The van der Waals surface area contributed by atoms with Crippen molar-refractivity contribution in [1.29, 1.82) is 0 Å². The molecule has 2 aliphatic heterocycles. The quantitative estimate of drug-likeness (QED) is 0.724. The minimum atomic E-state index is -0.0245. The van der Waals surface area contributed by atoms with E-state index in [4.69, 9.17) is 11.6 Å². The van der Waals surface area contributed by atoms with Crippen LogP contribution in [0.2, 0.25) is 5.02 Å². The van der Waals surface area contributed by atoms with E-state index in [1.54, 1.807) is 12.2 Å². The molecule has 0 saturated carbocycles. The predicted octanol–water partition coefficient (Wildman–Crippen LogP) is 2.67. The Bertz CT molecular complexity index is 932. The number of carbonyl (C=O) groups excluding carboxylic acids is 2. The second kappa shape index (κ2) is 8.93. The summed E-state index contributed by atoms with van der Waals surface area (Å²) >= 11 is 6.03. The van der Waals surface area contributed by atoms with E-state index in [0.717, 1.165) is 55.6 Å². The van der Waals surface area contributed by atoms with E-state index in [-0.39, 0.29) is 11.8 Å². The van der Waals surface area contributed by atoms with Gasteiger partial charge in [0.1, 0.15) is 0 Å². The molecule has 2 aliphatic rings. The molecule has 2 amide bonds. The van der Waals surface area contributed by atoms with Gasteiger partial charge in [-0.3, -0.25) is 14.5 Å². The van der Waals surface area contributed by atoms with Crippen LogP contribution in [-0.4, -0.2) is 77.3 Å². The Labute approximate surface area is 175 Å². The number of rotatable bonds is 4. The number of hydrogen-bond donors (Lipinski definition) is 0. The van der Waals surface area contributed by atoms with Gasteiger partial charge in [0.2, 0.25) is 11.8 Å². The number of carbonyl (C=O) groups is 2. The molecule has 0 bridgehead atoms. The van der Waals surface area contributed by atoms with Gasteiger partial charge in [0.15, 0.2) is 0 Å². The zero-order valence-corrected chi connectivity index (χ0v) is 17.1. The number of fused-ring (bicyclic) bond motifs is 1. The summed E-state index contributed by atoms with van der Waals surface area (Å²) < 4.78 is 0. The number of nitrogens with zero attached hydrogens (tertiary/aromatic N) is 4. The van der Waals surface area contributed by atoms with Gasteiger partial charge in [-0.1, -0.05) is 23.7 Å². The minimum Gasteiger partial charge on any atom is -0.342 e. The van der Waals surface area contributed by atoms with Gasteiger partial charge in [-0.25, -0.2) is 4.98 Å². The molecule has 0 radical (unpaired) electrons. The minimum absolute atomic E-state index is 0.0245. The second-order valence-corrected chi connectivity index (χ2v) is 8.03. The monoisotopic (exact) mass is 412 g/mol. The third-order valence-electron chi connectivity index (χ3n) is 5.57. The molecule has 29 heavy (non-hydrogen) atoms. The smallest absolute Gasteiger partial charge is 0.246 e. The lowest BCUT2D eigenvalue weighted by molar-refractivity contribution is -0.132. The maximum absolute atomic E-state index is 12.5. The first kappa shape index (κ1) is 19.9. The molecule has 0 unspecified atom stereocenters. The largest absolute Gasteiger partial charge is 0.342 e. The van der Waals surface area contributed by atoms with Gasteiger partial charge in [0.25, 0.3) is 0 Å². The van der Waals surface area contributed by atoms with Crippen molar-refractivity contribution >= 4 is 40.4 Å². The standard InChI is InChI=1S/C22H25ClN4O2/c23-18-5-3-17-4-6-19(24-20(17)15-18)7-8-21(28)27-13-11-25(12-14-27)16-22(29)26-9-1-2-10-26/h3-8,15H,1-2,9-14,16H2. The third-order valence-corrected chi connectivity index (χ3v) is 5.81. The molecule has 0 N–H and O–H groups in total. The molecule has 4 rings (SSSR count). The van der Waals surface area contributed by atoms with Gasteiger partial charge in [-0.2, -0.15) is 0 Å². The lowest BCUT2D eigenvalue weighted by Crippen LogP contribution is -2.51. The van der Waals surface area contributed by atoms with E-state index in [1.807, 2.05) is 40.1 Å². The average Bonchev–Trinajstić information content (AvgIpc) is 3.27. The number of pyridine rings is 1. The van der Waals surface area contributed by atoms with Gasteiger partial charge in [0.05, 0.1) is 17.8 Å². The SMILES string of the molecule is O=C(C=Cc1ccc2ccc(Cl)cc2n1)N1CCN(CC(=O)N2CCCC2)CC1. The number of likely N-dealkylation sites (tertiary alicyclic amines) is 1. The highest BCUT2D eigenvalue weighted by Crippen LogP contribution is 2.18. The Morgan fingerprint density at radius 3 is 2.45 bits per heavy atom. The van der Waals surface area contributed by atoms with Crippen LogP contribution in [0.15, 0.2) is 36.4 Å². The van der Waals surface area contributed by atoms with Gasteiger partial charge in [0, 0.05) is 55.8 Å². The molecule has 1 aromatic carbocycles. The molecule has 3 heterocycles. The van der Waals surface area contributed by atoms with Crippen LogP contribution >= 0.6 is 11.6 Å². The zero-order chi connectivity index (χ0) is 20.2. The lowest BCUT2D eigenvalue weighted by Gasteiger charge is -2.34. The van der Waals surface area contributed by atoms with E-state index < -0.39 is 0 Å². The molecule has 6 nitrogen and oxygen atoms in total. The summed E-state index contributed by atoms with van der Waals surface area (Å²) in [6, 6.07) is 9.44. The Balaban J connectivity index is 1.30. The molecule has 2 saturated heterocycles. The van der Waals surface area contributed by atoms with Crippen molar-refractivity contribution in [1.82, 2.24) is 19.7 Å². The van der Waals surface area contributed by atoms with E-state index in [1.165, 1.54) is 0 Å². The third kappa shape index (κ3) is 4.95. The van der Waals surface area contributed by atoms with Crippen LogP contribution < -0.4 is 0 Å². The van der Waals surface area contributed by atoms with Crippen molar-refractivity contribution in [3.63, 3.8) is 0 Å². The Morgan fingerprint density at radius 2 is 1.69 bits per heavy atom. The van der Waals surface area contributed by atoms with Crippen LogP contribution in [0.5, 0.6) is 0 Å². The Kier molecular flexibility index (Phi) is 6.11. The lowest BCUT2D eigenvalue weighted by atomic mass is 10.2. The van der Waals surface area contributed by atoms with Crippen LogP contribution in [0.1, 0.15) is 18.5 Å². The molecular formula is C22H25ClN4O2. The molecule has 1 aromatic heterocycles. The summed E-state index contributed by atoms with van der Waals surface area (Å²) in [5, 5.41) is 1.65. The molecule has 2 aromatic rings. The normalized spacial score (nSPS) is 18.1. The number of halogens is 1. The van der Waals surface area contributed by atoms with Gasteiger partial charge in [-0.05, 0) is 37.1 Å². The topological polar surface area (TPSA) is 56.8 Å². The summed E-state index contributed by atoms with van der Waals surface area (Å²) in [5.41, 5.74) is 1.53. The molecule has 0 atom stereocenters. The fraction of sp³-hybridized carbons (Fsp3) is 0.409. The van der Waals surface area contributed by atoms with Crippen LogP contribution in [0, 0.1) is 0 Å².